The van der Waals surface area contributed by atoms with Crippen LogP contribution in [0.25, 0.3) is 0 Å². The van der Waals surface area contributed by atoms with Crippen LogP contribution in [0.15, 0.2) is 0 Å². The molecule has 0 aromatic rings. The molecular formula is C13H27NO. The summed E-state index contributed by atoms with van der Waals surface area (Å²) < 4.78 is 0. The van der Waals surface area contributed by atoms with Crippen LogP contribution in [-0.4, -0.2) is 17.3 Å². The summed E-state index contributed by atoms with van der Waals surface area (Å²) in [6, 6.07) is 0. The molecule has 1 aliphatic rings. The summed E-state index contributed by atoms with van der Waals surface area (Å²) in [5, 5.41) is 10.8. The summed E-state index contributed by atoms with van der Waals surface area (Å²) in [6.45, 7) is 9.50. The van der Waals surface area contributed by atoms with Gasteiger partial charge in [0, 0.05) is 0 Å². The molecule has 0 bridgehead atoms. The zero-order valence-corrected chi connectivity index (χ0v) is 10.7. The predicted molar refractivity (Wildman–Crippen MR) is 64.6 cm³/mol. The first-order valence-corrected chi connectivity index (χ1v) is 6.25. The lowest BCUT2D eigenvalue weighted by Gasteiger charge is -2.48. The van der Waals surface area contributed by atoms with Gasteiger partial charge in [0.2, 0.25) is 0 Å². The maximum absolute atomic E-state index is 10.8. The third-order valence-electron chi connectivity index (χ3n) is 3.92. The number of hydrogen-bond acceptors (Lipinski definition) is 2. The van der Waals surface area contributed by atoms with Crippen LogP contribution in [0, 0.1) is 17.3 Å². The highest BCUT2D eigenvalue weighted by molar-refractivity contribution is 4.97. The topological polar surface area (TPSA) is 46.2 Å². The molecule has 1 saturated carbocycles. The quantitative estimate of drug-likeness (QED) is 0.757. The van der Waals surface area contributed by atoms with Crippen LogP contribution in [0.1, 0.15) is 53.4 Å². The van der Waals surface area contributed by atoms with Gasteiger partial charge in [-0.3, -0.25) is 0 Å². The summed E-state index contributed by atoms with van der Waals surface area (Å²) in [5.41, 5.74) is 5.51. The maximum atomic E-state index is 10.8. The summed E-state index contributed by atoms with van der Waals surface area (Å²) in [6.07, 6.45) is 4.03. The number of nitrogens with two attached hydrogens (primary N) is 1. The van der Waals surface area contributed by atoms with Gasteiger partial charge in [-0.15, -0.1) is 0 Å². The van der Waals surface area contributed by atoms with Crippen LogP contribution in [0.4, 0.5) is 0 Å². The fraction of sp³-hybridized carbons (Fsp3) is 1.00. The molecule has 0 heterocycles. The second-order valence-corrected chi connectivity index (χ2v) is 6.30. The number of hydrogen-bond donors (Lipinski definition) is 2. The van der Waals surface area contributed by atoms with Crippen molar-refractivity contribution in [2.24, 2.45) is 23.0 Å². The Kier molecular flexibility index (Phi) is 3.83. The smallest absolute Gasteiger partial charge is 0.0695 e. The fourth-order valence-corrected chi connectivity index (χ4v) is 3.67. The molecule has 0 spiro atoms. The Morgan fingerprint density at radius 3 is 2.40 bits per heavy atom. The molecule has 3 unspecified atom stereocenters. The Balaban J connectivity index is 2.82. The molecule has 0 aromatic heterocycles. The zero-order valence-electron chi connectivity index (χ0n) is 10.7. The molecule has 3 atom stereocenters. The second-order valence-electron chi connectivity index (χ2n) is 6.30. The molecule has 90 valence electrons. The summed E-state index contributed by atoms with van der Waals surface area (Å²) >= 11 is 0. The maximum Gasteiger partial charge on any atom is 0.0695 e. The standard InChI is InChI=1S/C13H27NO/c1-5-11(8-14)13(15)7-10(2)6-12(3,4)9-13/h10-11,15H,5-9,14H2,1-4H3. The van der Waals surface area contributed by atoms with Crippen LogP contribution >= 0.6 is 0 Å². The van der Waals surface area contributed by atoms with Gasteiger partial charge in [-0.1, -0.05) is 27.7 Å². The molecule has 15 heavy (non-hydrogen) atoms. The van der Waals surface area contributed by atoms with E-state index in [0.717, 1.165) is 19.3 Å². The highest BCUT2D eigenvalue weighted by atomic mass is 16.3. The minimum absolute atomic E-state index is 0.259. The lowest BCUT2D eigenvalue weighted by Crippen LogP contribution is -2.49. The molecule has 1 aliphatic carbocycles. The van der Waals surface area contributed by atoms with Gasteiger partial charge in [0.15, 0.2) is 0 Å². The van der Waals surface area contributed by atoms with E-state index < -0.39 is 5.60 Å². The summed E-state index contributed by atoms with van der Waals surface area (Å²) in [4.78, 5) is 0. The molecule has 1 rings (SSSR count). The summed E-state index contributed by atoms with van der Waals surface area (Å²) in [5.74, 6) is 0.874. The Bertz CT molecular complexity index is 211. The van der Waals surface area contributed by atoms with Crippen molar-refractivity contribution < 1.29 is 5.11 Å². The van der Waals surface area contributed by atoms with E-state index in [4.69, 9.17) is 5.73 Å². The highest BCUT2D eigenvalue weighted by Gasteiger charge is 2.45. The Morgan fingerprint density at radius 2 is 2.00 bits per heavy atom. The van der Waals surface area contributed by atoms with E-state index in [1.54, 1.807) is 0 Å². The van der Waals surface area contributed by atoms with Gasteiger partial charge >= 0.3 is 0 Å². The van der Waals surface area contributed by atoms with Crippen LogP contribution < -0.4 is 5.73 Å². The molecule has 0 aliphatic heterocycles. The van der Waals surface area contributed by atoms with Gasteiger partial charge in [0.1, 0.15) is 0 Å². The minimum Gasteiger partial charge on any atom is -0.390 e. The van der Waals surface area contributed by atoms with E-state index in [2.05, 4.69) is 27.7 Å². The lowest BCUT2D eigenvalue weighted by molar-refractivity contribution is -0.0974. The van der Waals surface area contributed by atoms with Gasteiger partial charge in [0.25, 0.3) is 0 Å². The molecule has 0 aromatic carbocycles. The van der Waals surface area contributed by atoms with Gasteiger partial charge in [-0.2, -0.15) is 0 Å². The molecule has 0 saturated heterocycles. The van der Waals surface area contributed by atoms with E-state index in [1.807, 2.05) is 0 Å². The van der Waals surface area contributed by atoms with E-state index in [1.165, 1.54) is 6.42 Å². The minimum atomic E-state index is -0.523. The van der Waals surface area contributed by atoms with Crippen molar-refractivity contribution in [3.8, 4) is 0 Å². The summed E-state index contributed by atoms with van der Waals surface area (Å²) in [7, 11) is 0. The SMILES string of the molecule is CCC(CN)C1(O)CC(C)CC(C)(C)C1. The van der Waals surface area contributed by atoms with Crippen LogP contribution in [0.3, 0.4) is 0 Å². The fourth-order valence-electron chi connectivity index (χ4n) is 3.67. The van der Waals surface area contributed by atoms with Crippen molar-refractivity contribution in [2.45, 2.75) is 59.0 Å². The number of aliphatic hydroxyl groups is 1. The lowest BCUT2D eigenvalue weighted by atomic mass is 9.61. The average Bonchev–Trinajstić information content (AvgIpc) is 2.00. The van der Waals surface area contributed by atoms with Crippen molar-refractivity contribution >= 4 is 0 Å². The monoisotopic (exact) mass is 213 g/mol. The third kappa shape index (κ3) is 2.94. The second kappa shape index (κ2) is 4.42. The van der Waals surface area contributed by atoms with Gasteiger partial charge in [-0.05, 0) is 49.5 Å². The van der Waals surface area contributed by atoms with Crippen molar-refractivity contribution in [1.82, 2.24) is 0 Å². The third-order valence-corrected chi connectivity index (χ3v) is 3.92. The van der Waals surface area contributed by atoms with Crippen LogP contribution in [0.5, 0.6) is 0 Å². The average molecular weight is 213 g/mol. The highest BCUT2D eigenvalue weighted by Crippen LogP contribution is 2.47. The Morgan fingerprint density at radius 1 is 1.40 bits per heavy atom. The number of rotatable bonds is 3. The van der Waals surface area contributed by atoms with Gasteiger partial charge in [0.05, 0.1) is 5.60 Å². The van der Waals surface area contributed by atoms with E-state index >= 15 is 0 Å². The van der Waals surface area contributed by atoms with Gasteiger partial charge in [-0.25, -0.2) is 0 Å². The molecule has 3 N–H and O–H groups in total. The first-order chi connectivity index (χ1) is 6.83. The largest absolute Gasteiger partial charge is 0.390 e. The molecule has 0 radical (unpaired) electrons. The van der Waals surface area contributed by atoms with E-state index in [9.17, 15) is 5.11 Å². The Labute approximate surface area is 94.2 Å². The van der Waals surface area contributed by atoms with E-state index in [0.29, 0.717) is 12.5 Å². The van der Waals surface area contributed by atoms with Gasteiger partial charge < -0.3 is 10.8 Å². The molecule has 0 amide bonds. The first-order valence-electron chi connectivity index (χ1n) is 6.25. The molecule has 1 fully saturated rings. The van der Waals surface area contributed by atoms with Crippen molar-refractivity contribution in [1.29, 1.82) is 0 Å². The Hall–Kier alpha value is -0.0800. The predicted octanol–water partition coefficient (Wildman–Crippen LogP) is 2.55. The molecular weight excluding hydrogens is 186 g/mol. The molecule has 2 heteroatoms. The zero-order chi connectivity index (χ0) is 11.7. The van der Waals surface area contributed by atoms with Crippen molar-refractivity contribution in [3.05, 3.63) is 0 Å². The molecule has 2 nitrogen and oxygen atoms in total. The normalized spacial score (nSPS) is 37.6. The first kappa shape index (κ1) is 13.0. The van der Waals surface area contributed by atoms with Crippen LogP contribution in [0.2, 0.25) is 0 Å². The van der Waals surface area contributed by atoms with Crippen molar-refractivity contribution in [2.75, 3.05) is 6.54 Å². The van der Waals surface area contributed by atoms with Crippen LogP contribution in [-0.2, 0) is 0 Å². The van der Waals surface area contributed by atoms with Crippen molar-refractivity contribution in [3.63, 3.8) is 0 Å². The van der Waals surface area contributed by atoms with E-state index in [-0.39, 0.29) is 11.3 Å².